The SMILES string of the molecule is CCC[C@H](O/N=C/c1cccs1)c1ccccc1. The van der Waals surface area contributed by atoms with Gasteiger partial charge < -0.3 is 4.84 Å². The number of oxime groups is 1. The van der Waals surface area contributed by atoms with Crippen LogP contribution in [0.15, 0.2) is 53.0 Å². The molecule has 0 bridgehead atoms. The number of hydrogen-bond acceptors (Lipinski definition) is 3. The summed E-state index contributed by atoms with van der Waals surface area (Å²) in [6.07, 6.45) is 3.88. The summed E-state index contributed by atoms with van der Waals surface area (Å²) in [4.78, 5) is 6.73. The van der Waals surface area contributed by atoms with Crippen molar-refractivity contribution < 1.29 is 4.84 Å². The maximum absolute atomic E-state index is 5.62. The van der Waals surface area contributed by atoms with Crippen LogP contribution in [0, 0.1) is 0 Å². The Morgan fingerprint density at radius 3 is 2.72 bits per heavy atom. The standard InChI is InChI=1S/C15H17NOS/c1-2-7-15(13-8-4-3-5-9-13)17-16-12-14-10-6-11-18-14/h3-6,8-12,15H,2,7H2,1H3/b16-12+/t15-/m0/s1. The lowest BCUT2D eigenvalue weighted by Crippen LogP contribution is -2.00. The summed E-state index contributed by atoms with van der Waals surface area (Å²) in [5.41, 5.74) is 1.18. The molecule has 1 atom stereocenters. The van der Waals surface area contributed by atoms with Gasteiger partial charge in [-0.25, -0.2) is 0 Å². The number of thiophene rings is 1. The third-order valence-electron chi connectivity index (χ3n) is 2.63. The fraction of sp³-hybridized carbons (Fsp3) is 0.267. The van der Waals surface area contributed by atoms with Crippen molar-refractivity contribution in [2.75, 3.05) is 0 Å². The summed E-state index contributed by atoms with van der Waals surface area (Å²) < 4.78 is 0. The molecule has 0 spiro atoms. The maximum Gasteiger partial charge on any atom is 0.152 e. The van der Waals surface area contributed by atoms with Crippen LogP contribution in [0.3, 0.4) is 0 Å². The van der Waals surface area contributed by atoms with E-state index in [-0.39, 0.29) is 6.10 Å². The quantitative estimate of drug-likeness (QED) is 0.547. The van der Waals surface area contributed by atoms with E-state index in [9.17, 15) is 0 Å². The summed E-state index contributed by atoms with van der Waals surface area (Å²) in [5.74, 6) is 0. The second kappa shape index (κ2) is 6.97. The molecule has 2 rings (SSSR count). The van der Waals surface area contributed by atoms with Crippen LogP contribution in [0.1, 0.15) is 36.3 Å². The van der Waals surface area contributed by atoms with E-state index >= 15 is 0 Å². The minimum atomic E-state index is 0.0485. The summed E-state index contributed by atoms with van der Waals surface area (Å²) in [5, 5.41) is 6.12. The predicted octanol–water partition coefficient (Wildman–Crippen LogP) is 4.64. The van der Waals surface area contributed by atoms with Gasteiger partial charge in [0.2, 0.25) is 0 Å². The van der Waals surface area contributed by atoms with E-state index in [4.69, 9.17) is 4.84 Å². The molecule has 1 heterocycles. The summed E-state index contributed by atoms with van der Waals surface area (Å²) in [7, 11) is 0. The van der Waals surface area contributed by atoms with Gasteiger partial charge in [-0.2, -0.15) is 0 Å². The van der Waals surface area contributed by atoms with E-state index in [1.807, 2.05) is 35.7 Å². The highest BCUT2D eigenvalue weighted by molar-refractivity contribution is 7.11. The zero-order valence-electron chi connectivity index (χ0n) is 10.5. The lowest BCUT2D eigenvalue weighted by molar-refractivity contribution is 0.0528. The van der Waals surface area contributed by atoms with Crippen molar-refractivity contribution in [2.24, 2.45) is 5.16 Å². The molecule has 0 amide bonds. The van der Waals surface area contributed by atoms with Crippen molar-refractivity contribution in [1.29, 1.82) is 0 Å². The molecule has 0 fully saturated rings. The molecule has 0 radical (unpaired) electrons. The first-order valence-electron chi connectivity index (χ1n) is 6.18. The van der Waals surface area contributed by atoms with Gasteiger partial charge in [0.1, 0.15) is 0 Å². The Morgan fingerprint density at radius 1 is 1.22 bits per heavy atom. The first-order chi connectivity index (χ1) is 8.90. The van der Waals surface area contributed by atoms with Crippen LogP contribution in [0.4, 0.5) is 0 Å². The molecule has 2 nitrogen and oxygen atoms in total. The zero-order chi connectivity index (χ0) is 12.6. The molecular formula is C15H17NOS. The molecule has 18 heavy (non-hydrogen) atoms. The van der Waals surface area contributed by atoms with E-state index in [1.165, 1.54) is 5.56 Å². The Morgan fingerprint density at radius 2 is 2.06 bits per heavy atom. The minimum Gasteiger partial charge on any atom is -0.388 e. The lowest BCUT2D eigenvalue weighted by atomic mass is 10.1. The second-order valence-electron chi connectivity index (χ2n) is 4.04. The molecule has 94 valence electrons. The molecular weight excluding hydrogens is 242 g/mol. The molecule has 1 aromatic carbocycles. The average molecular weight is 259 g/mol. The van der Waals surface area contributed by atoms with Gasteiger partial charge in [0.05, 0.1) is 6.21 Å². The number of rotatable bonds is 6. The summed E-state index contributed by atoms with van der Waals surface area (Å²) >= 11 is 1.65. The van der Waals surface area contributed by atoms with Crippen LogP contribution in [-0.2, 0) is 4.84 Å². The van der Waals surface area contributed by atoms with Gasteiger partial charge in [-0.05, 0) is 23.4 Å². The van der Waals surface area contributed by atoms with Gasteiger partial charge in [0, 0.05) is 4.88 Å². The molecule has 0 saturated carbocycles. The Kier molecular flexibility index (Phi) is 4.97. The van der Waals surface area contributed by atoms with Crippen LogP contribution in [-0.4, -0.2) is 6.21 Å². The molecule has 0 N–H and O–H groups in total. The number of nitrogens with zero attached hydrogens (tertiary/aromatic N) is 1. The highest BCUT2D eigenvalue weighted by atomic mass is 32.1. The maximum atomic E-state index is 5.62. The van der Waals surface area contributed by atoms with E-state index < -0.39 is 0 Å². The molecule has 0 saturated heterocycles. The Balaban J connectivity index is 1.99. The predicted molar refractivity (Wildman–Crippen MR) is 77.1 cm³/mol. The van der Waals surface area contributed by atoms with Gasteiger partial charge in [-0.3, -0.25) is 0 Å². The highest BCUT2D eigenvalue weighted by Gasteiger charge is 2.10. The largest absolute Gasteiger partial charge is 0.388 e. The van der Waals surface area contributed by atoms with Crippen molar-refractivity contribution in [3.8, 4) is 0 Å². The summed E-state index contributed by atoms with van der Waals surface area (Å²) in [6, 6.07) is 14.3. The monoisotopic (exact) mass is 259 g/mol. The van der Waals surface area contributed by atoms with Gasteiger partial charge in [0.15, 0.2) is 6.10 Å². The molecule has 0 aliphatic heterocycles. The van der Waals surface area contributed by atoms with Crippen molar-refractivity contribution in [3.05, 3.63) is 58.3 Å². The van der Waals surface area contributed by atoms with Gasteiger partial charge in [-0.15, -0.1) is 11.3 Å². The molecule has 2 aromatic rings. The lowest BCUT2D eigenvalue weighted by Gasteiger charge is -2.14. The van der Waals surface area contributed by atoms with Crippen LogP contribution in [0.25, 0.3) is 0 Å². The van der Waals surface area contributed by atoms with E-state index in [2.05, 4.69) is 24.2 Å². The Bertz CT molecular complexity index is 465. The van der Waals surface area contributed by atoms with E-state index in [1.54, 1.807) is 17.6 Å². The van der Waals surface area contributed by atoms with Gasteiger partial charge >= 0.3 is 0 Å². The van der Waals surface area contributed by atoms with Crippen LogP contribution < -0.4 is 0 Å². The first-order valence-corrected chi connectivity index (χ1v) is 7.05. The molecule has 3 heteroatoms. The summed E-state index contributed by atoms with van der Waals surface area (Å²) in [6.45, 7) is 2.16. The molecule has 1 aromatic heterocycles. The molecule has 0 unspecified atom stereocenters. The molecule has 0 aliphatic carbocycles. The van der Waals surface area contributed by atoms with Crippen molar-refractivity contribution in [1.82, 2.24) is 0 Å². The molecule has 0 aliphatic rings. The van der Waals surface area contributed by atoms with Gasteiger partial charge in [0.25, 0.3) is 0 Å². The fourth-order valence-corrected chi connectivity index (χ4v) is 2.31. The van der Waals surface area contributed by atoms with Crippen LogP contribution in [0.5, 0.6) is 0 Å². The topological polar surface area (TPSA) is 21.6 Å². The third kappa shape index (κ3) is 3.70. The number of benzene rings is 1. The zero-order valence-corrected chi connectivity index (χ0v) is 11.3. The normalized spacial score (nSPS) is 12.7. The van der Waals surface area contributed by atoms with Gasteiger partial charge in [-0.1, -0.05) is 54.9 Å². The second-order valence-corrected chi connectivity index (χ2v) is 5.02. The number of hydrogen-bond donors (Lipinski definition) is 0. The Hall–Kier alpha value is -1.61. The Labute approximate surface area is 112 Å². The highest BCUT2D eigenvalue weighted by Crippen LogP contribution is 2.22. The van der Waals surface area contributed by atoms with E-state index in [0.717, 1.165) is 17.7 Å². The average Bonchev–Trinajstić information content (AvgIpc) is 2.92. The smallest absolute Gasteiger partial charge is 0.152 e. The third-order valence-corrected chi connectivity index (χ3v) is 3.44. The minimum absolute atomic E-state index is 0.0485. The first kappa shape index (κ1) is 12.8. The van der Waals surface area contributed by atoms with Crippen molar-refractivity contribution in [3.63, 3.8) is 0 Å². The van der Waals surface area contributed by atoms with E-state index in [0.29, 0.717) is 0 Å². The fourth-order valence-electron chi connectivity index (χ4n) is 1.73. The van der Waals surface area contributed by atoms with Crippen LogP contribution >= 0.6 is 11.3 Å². The van der Waals surface area contributed by atoms with Crippen LogP contribution in [0.2, 0.25) is 0 Å². The van der Waals surface area contributed by atoms with Crippen molar-refractivity contribution in [2.45, 2.75) is 25.9 Å². The van der Waals surface area contributed by atoms with Crippen molar-refractivity contribution >= 4 is 17.6 Å².